The first-order chi connectivity index (χ1) is 13.4. The Morgan fingerprint density at radius 1 is 1.11 bits per heavy atom. The number of primary amides is 1. The third-order valence-corrected chi connectivity index (χ3v) is 4.56. The van der Waals surface area contributed by atoms with E-state index in [1.165, 1.54) is 10.7 Å². The van der Waals surface area contributed by atoms with Crippen LogP contribution in [0, 0.1) is 0 Å². The molecule has 0 saturated heterocycles. The van der Waals surface area contributed by atoms with E-state index in [9.17, 15) is 9.59 Å². The van der Waals surface area contributed by atoms with Gasteiger partial charge in [-0.3, -0.25) is 9.59 Å². The van der Waals surface area contributed by atoms with Gasteiger partial charge < -0.3 is 15.8 Å². The largest absolute Gasteiger partial charge is 0.491 e. The van der Waals surface area contributed by atoms with E-state index in [2.05, 4.69) is 10.4 Å². The SMILES string of the molecule is NC(=O)c1ccn(-c2ccc(NC(=O)CCOc3cccc(Cl)c3Cl)cc2)n1. The number of nitrogens with one attached hydrogen (secondary N) is 1. The minimum absolute atomic E-state index is 0.145. The maximum absolute atomic E-state index is 12.1. The molecule has 0 aliphatic heterocycles. The normalized spacial score (nSPS) is 10.5. The fourth-order valence-corrected chi connectivity index (χ4v) is 2.72. The lowest BCUT2D eigenvalue weighted by atomic mass is 10.2. The van der Waals surface area contributed by atoms with Gasteiger partial charge in [0, 0.05) is 11.9 Å². The third kappa shape index (κ3) is 4.82. The molecule has 9 heteroatoms. The third-order valence-electron chi connectivity index (χ3n) is 3.76. The molecule has 0 saturated carbocycles. The van der Waals surface area contributed by atoms with Gasteiger partial charge in [0.2, 0.25) is 5.91 Å². The summed E-state index contributed by atoms with van der Waals surface area (Å²) in [6, 6.07) is 13.6. The van der Waals surface area contributed by atoms with Gasteiger partial charge in [0.15, 0.2) is 0 Å². The van der Waals surface area contributed by atoms with E-state index in [4.69, 9.17) is 33.7 Å². The fraction of sp³-hybridized carbons (Fsp3) is 0.105. The number of nitrogens with two attached hydrogens (primary N) is 1. The first-order valence-corrected chi connectivity index (χ1v) is 9.02. The van der Waals surface area contributed by atoms with Crippen molar-refractivity contribution >= 4 is 40.7 Å². The number of carbonyl (C=O) groups is 2. The van der Waals surface area contributed by atoms with Gasteiger partial charge in [0.05, 0.1) is 23.7 Å². The Balaban J connectivity index is 1.52. The topological polar surface area (TPSA) is 99.2 Å². The van der Waals surface area contributed by atoms with Crippen LogP contribution in [0.1, 0.15) is 16.9 Å². The Bertz CT molecular complexity index is 1000. The maximum Gasteiger partial charge on any atom is 0.269 e. The van der Waals surface area contributed by atoms with Crippen LogP contribution < -0.4 is 15.8 Å². The quantitative estimate of drug-likeness (QED) is 0.610. The van der Waals surface area contributed by atoms with Crippen LogP contribution in [0.3, 0.4) is 0 Å². The Morgan fingerprint density at radius 2 is 1.86 bits per heavy atom. The van der Waals surface area contributed by atoms with Gasteiger partial charge in [0.25, 0.3) is 5.91 Å². The summed E-state index contributed by atoms with van der Waals surface area (Å²) in [5.41, 5.74) is 6.72. The second-order valence-corrected chi connectivity index (χ2v) is 6.54. The zero-order valence-electron chi connectivity index (χ0n) is 14.6. The molecule has 3 rings (SSSR count). The second-order valence-electron chi connectivity index (χ2n) is 5.76. The number of carbonyl (C=O) groups excluding carboxylic acids is 2. The van der Waals surface area contributed by atoms with E-state index in [0.717, 1.165) is 5.69 Å². The average molecular weight is 419 g/mol. The molecule has 1 aromatic heterocycles. The highest BCUT2D eigenvalue weighted by Gasteiger charge is 2.09. The van der Waals surface area contributed by atoms with Crippen molar-refractivity contribution in [2.45, 2.75) is 6.42 Å². The molecule has 2 aromatic carbocycles. The predicted molar refractivity (Wildman–Crippen MR) is 107 cm³/mol. The molecule has 0 atom stereocenters. The van der Waals surface area contributed by atoms with Crippen molar-refractivity contribution in [3.05, 3.63) is 70.5 Å². The number of ether oxygens (including phenoxy) is 1. The Hall–Kier alpha value is -3.03. The summed E-state index contributed by atoms with van der Waals surface area (Å²) < 4.78 is 7.02. The number of benzene rings is 2. The zero-order chi connectivity index (χ0) is 20.1. The number of halogens is 2. The molecule has 144 valence electrons. The van der Waals surface area contributed by atoms with Crippen molar-refractivity contribution in [1.29, 1.82) is 0 Å². The molecule has 0 bridgehead atoms. The van der Waals surface area contributed by atoms with Crippen LogP contribution in [0.4, 0.5) is 5.69 Å². The van der Waals surface area contributed by atoms with Gasteiger partial charge in [-0.15, -0.1) is 0 Å². The molecule has 2 amide bonds. The van der Waals surface area contributed by atoms with Crippen LogP contribution in [-0.2, 0) is 4.79 Å². The zero-order valence-corrected chi connectivity index (χ0v) is 16.1. The minimum atomic E-state index is -0.594. The van der Waals surface area contributed by atoms with E-state index in [0.29, 0.717) is 21.5 Å². The Labute approximate surface area is 171 Å². The number of rotatable bonds is 7. The lowest BCUT2D eigenvalue weighted by Gasteiger charge is -2.09. The summed E-state index contributed by atoms with van der Waals surface area (Å²) in [6.07, 6.45) is 1.78. The van der Waals surface area contributed by atoms with Gasteiger partial charge in [-0.25, -0.2) is 4.68 Å². The molecule has 0 aliphatic rings. The van der Waals surface area contributed by atoms with Gasteiger partial charge in [-0.2, -0.15) is 5.10 Å². The summed E-state index contributed by atoms with van der Waals surface area (Å²) >= 11 is 11.9. The lowest BCUT2D eigenvalue weighted by Crippen LogP contribution is -2.15. The molecule has 3 aromatic rings. The van der Waals surface area contributed by atoms with Crippen LogP contribution in [0.25, 0.3) is 5.69 Å². The molecule has 0 unspecified atom stereocenters. The number of nitrogens with zero attached hydrogens (tertiary/aromatic N) is 2. The summed E-state index contributed by atoms with van der Waals surface area (Å²) in [4.78, 5) is 23.2. The lowest BCUT2D eigenvalue weighted by molar-refractivity contribution is -0.116. The van der Waals surface area contributed by atoms with Crippen molar-refractivity contribution in [2.24, 2.45) is 5.73 Å². The number of anilines is 1. The average Bonchev–Trinajstić information content (AvgIpc) is 3.16. The maximum atomic E-state index is 12.1. The first-order valence-electron chi connectivity index (χ1n) is 8.26. The first kappa shape index (κ1) is 19.7. The number of hydrogen-bond donors (Lipinski definition) is 2. The number of hydrogen-bond acceptors (Lipinski definition) is 4. The van der Waals surface area contributed by atoms with Crippen LogP contribution in [0.5, 0.6) is 5.75 Å². The molecular formula is C19H16Cl2N4O3. The standard InChI is InChI=1S/C19H16Cl2N4O3/c20-14-2-1-3-16(18(14)21)28-11-9-17(26)23-12-4-6-13(7-5-12)25-10-8-15(24-25)19(22)27/h1-8,10H,9,11H2,(H2,22,27)(H,23,26). The van der Waals surface area contributed by atoms with Crippen molar-refractivity contribution < 1.29 is 14.3 Å². The Morgan fingerprint density at radius 3 is 2.54 bits per heavy atom. The van der Waals surface area contributed by atoms with Gasteiger partial charge in [-0.05, 0) is 42.5 Å². The Kier molecular flexibility index (Phi) is 6.18. The molecule has 0 aliphatic carbocycles. The molecule has 0 spiro atoms. The van der Waals surface area contributed by atoms with Crippen molar-refractivity contribution in [3.63, 3.8) is 0 Å². The molecule has 0 radical (unpaired) electrons. The minimum Gasteiger partial charge on any atom is -0.491 e. The summed E-state index contributed by atoms with van der Waals surface area (Å²) in [6.45, 7) is 0.160. The van der Waals surface area contributed by atoms with Crippen LogP contribution in [-0.4, -0.2) is 28.2 Å². The van der Waals surface area contributed by atoms with E-state index in [1.807, 2.05) is 0 Å². The smallest absolute Gasteiger partial charge is 0.269 e. The van der Waals surface area contributed by atoms with E-state index >= 15 is 0 Å². The fourth-order valence-electron chi connectivity index (χ4n) is 2.37. The van der Waals surface area contributed by atoms with E-state index < -0.39 is 5.91 Å². The molecule has 0 fully saturated rings. The van der Waals surface area contributed by atoms with Crippen molar-refractivity contribution in [3.8, 4) is 11.4 Å². The second kappa shape index (κ2) is 8.77. The molecular weight excluding hydrogens is 403 g/mol. The van der Waals surface area contributed by atoms with Gasteiger partial charge in [-0.1, -0.05) is 29.3 Å². The summed E-state index contributed by atoms with van der Waals surface area (Å²) in [5.74, 6) is -0.370. The van der Waals surface area contributed by atoms with Crippen LogP contribution in [0.2, 0.25) is 10.0 Å². The monoisotopic (exact) mass is 418 g/mol. The number of aromatic nitrogens is 2. The molecule has 28 heavy (non-hydrogen) atoms. The van der Waals surface area contributed by atoms with Gasteiger partial charge in [0.1, 0.15) is 16.5 Å². The number of amides is 2. The van der Waals surface area contributed by atoms with Crippen LogP contribution in [0.15, 0.2) is 54.7 Å². The highest BCUT2D eigenvalue weighted by molar-refractivity contribution is 6.42. The van der Waals surface area contributed by atoms with E-state index in [1.54, 1.807) is 48.7 Å². The molecule has 7 nitrogen and oxygen atoms in total. The highest BCUT2D eigenvalue weighted by Crippen LogP contribution is 2.31. The molecule has 3 N–H and O–H groups in total. The van der Waals surface area contributed by atoms with Crippen molar-refractivity contribution in [2.75, 3.05) is 11.9 Å². The highest BCUT2D eigenvalue weighted by atomic mass is 35.5. The van der Waals surface area contributed by atoms with Gasteiger partial charge >= 0.3 is 0 Å². The van der Waals surface area contributed by atoms with E-state index in [-0.39, 0.29) is 24.6 Å². The summed E-state index contributed by atoms with van der Waals surface area (Å²) in [5, 5.41) is 7.56. The predicted octanol–water partition coefficient (Wildman–Crippen LogP) is 3.69. The van der Waals surface area contributed by atoms with Crippen molar-refractivity contribution in [1.82, 2.24) is 9.78 Å². The summed E-state index contributed by atoms with van der Waals surface area (Å²) in [7, 11) is 0. The van der Waals surface area contributed by atoms with Crippen LogP contribution >= 0.6 is 23.2 Å². The molecule has 1 heterocycles.